The topological polar surface area (TPSA) is 65.0 Å². The molecule has 5 nitrogen and oxygen atoms in total. The molecular formula is C13H27O5P. The third-order valence-electron chi connectivity index (χ3n) is 3.04. The average molecular weight is 294 g/mol. The van der Waals surface area contributed by atoms with Gasteiger partial charge in [-0.05, 0) is 6.42 Å². The fourth-order valence-corrected chi connectivity index (χ4v) is 3.32. The van der Waals surface area contributed by atoms with Gasteiger partial charge in [-0.15, -0.1) is 0 Å². The summed E-state index contributed by atoms with van der Waals surface area (Å²) < 4.78 is 27.5. The zero-order valence-corrected chi connectivity index (χ0v) is 13.2. The molecule has 0 aromatic heterocycles. The van der Waals surface area contributed by atoms with E-state index in [1.165, 1.54) is 12.8 Å². The van der Waals surface area contributed by atoms with Gasteiger partial charge < -0.3 is 5.11 Å². The van der Waals surface area contributed by atoms with E-state index in [0.29, 0.717) is 19.6 Å². The molecule has 1 heterocycles. The lowest BCUT2D eigenvalue weighted by Gasteiger charge is -2.33. The van der Waals surface area contributed by atoms with Crippen molar-refractivity contribution in [2.24, 2.45) is 5.41 Å². The molecule has 6 heteroatoms. The summed E-state index contributed by atoms with van der Waals surface area (Å²) in [7, 11) is -3.45. The Morgan fingerprint density at radius 2 is 1.89 bits per heavy atom. The predicted octanol–water partition coefficient (Wildman–Crippen LogP) is 3.52. The normalized spacial score (nSPS) is 23.2. The maximum Gasteiger partial charge on any atom is 0.474 e. The van der Waals surface area contributed by atoms with E-state index in [0.717, 1.165) is 12.8 Å². The van der Waals surface area contributed by atoms with E-state index in [4.69, 9.17) is 13.6 Å². The molecule has 0 bridgehead atoms. The molecule has 1 unspecified atom stereocenters. The van der Waals surface area contributed by atoms with Gasteiger partial charge in [-0.25, -0.2) is 4.57 Å². The molecule has 0 aromatic rings. The molecule has 1 aliphatic rings. The summed E-state index contributed by atoms with van der Waals surface area (Å²) in [6, 6.07) is 0. The first kappa shape index (κ1) is 17.1. The Morgan fingerprint density at radius 3 is 2.47 bits per heavy atom. The van der Waals surface area contributed by atoms with Crippen molar-refractivity contribution in [1.82, 2.24) is 0 Å². The van der Waals surface area contributed by atoms with Crippen LogP contribution in [0.25, 0.3) is 0 Å². The Labute approximate surface area is 116 Å². The van der Waals surface area contributed by atoms with Gasteiger partial charge in [0.05, 0.1) is 25.9 Å². The molecule has 1 aliphatic heterocycles. The summed E-state index contributed by atoms with van der Waals surface area (Å²) in [5.74, 6) is 0. The van der Waals surface area contributed by atoms with Gasteiger partial charge in [-0.1, -0.05) is 46.5 Å². The molecular weight excluding hydrogens is 267 g/mol. The monoisotopic (exact) mass is 294 g/mol. The number of rotatable bonds is 8. The smallest absolute Gasteiger partial charge is 0.391 e. The highest BCUT2D eigenvalue weighted by Gasteiger charge is 2.38. The standard InChI is InChI=1S/C13H27O5P/c1-4-5-6-7-8-12(14)9-16-19(15)17-10-13(2,3)11-18-19/h12,14H,4-11H2,1-3H3. The van der Waals surface area contributed by atoms with E-state index in [1.807, 2.05) is 13.8 Å². The fourth-order valence-electron chi connectivity index (χ4n) is 1.73. The summed E-state index contributed by atoms with van der Waals surface area (Å²) in [5.41, 5.74) is -0.143. The first-order valence-electron chi connectivity index (χ1n) is 7.09. The third-order valence-corrected chi connectivity index (χ3v) is 4.40. The number of phosphoric acid groups is 1. The summed E-state index contributed by atoms with van der Waals surface area (Å²) in [5, 5.41) is 9.74. The number of aliphatic hydroxyl groups is 1. The molecule has 0 amide bonds. The molecule has 0 radical (unpaired) electrons. The lowest BCUT2D eigenvalue weighted by atomic mass is 9.97. The minimum atomic E-state index is -3.45. The Hall–Kier alpha value is 0.0700. The van der Waals surface area contributed by atoms with Crippen molar-refractivity contribution < 1.29 is 23.2 Å². The van der Waals surface area contributed by atoms with Crippen molar-refractivity contribution in [3.05, 3.63) is 0 Å². The highest BCUT2D eigenvalue weighted by atomic mass is 31.2. The minimum Gasteiger partial charge on any atom is -0.391 e. The predicted molar refractivity (Wildman–Crippen MR) is 74.0 cm³/mol. The molecule has 1 rings (SSSR count). The summed E-state index contributed by atoms with van der Waals surface area (Å²) >= 11 is 0. The van der Waals surface area contributed by atoms with Crippen LogP contribution in [0.4, 0.5) is 0 Å². The first-order valence-corrected chi connectivity index (χ1v) is 8.55. The largest absolute Gasteiger partial charge is 0.474 e. The van der Waals surface area contributed by atoms with Gasteiger partial charge in [0, 0.05) is 5.41 Å². The van der Waals surface area contributed by atoms with E-state index in [9.17, 15) is 9.67 Å². The Balaban J connectivity index is 2.19. The second kappa shape index (κ2) is 7.75. The van der Waals surface area contributed by atoms with Crippen molar-refractivity contribution in [2.45, 2.75) is 59.0 Å². The van der Waals surface area contributed by atoms with Gasteiger partial charge in [0.2, 0.25) is 0 Å². The van der Waals surface area contributed by atoms with Gasteiger partial charge in [0.15, 0.2) is 0 Å². The van der Waals surface area contributed by atoms with Crippen LogP contribution >= 0.6 is 7.82 Å². The van der Waals surface area contributed by atoms with Crippen LogP contribution in [0.15, 0.2) is 0 Å². The average Bonchev–Trinajstić information content (AvgIpc) is 2.37. The highest BCUT2D eigenvalue weighted by Crippen LogP contribution is 2.54. The molecule has 114 valence electrons. The van der Waals surface area contributed by atoms with E-state index in [1.54, 1.807) is 0 Å². The second-order valence-electron chi connectivity index (χ2n) is 5.96. The molecule has 0 saturated carbocycles. The van der Waals surface area contributed by atoms with E-state index >= 15 is 0 Å². The number of hydrogen-bond donors (Lipinski definition) is 1. The van der Waals surface area contributed by atoms with Crippen LogP contribution in [0, 0.1) is 5.41 Å². The summed E-state index contributed by atoms with van der Waals surface area (Å²) in [6.45, 7) is 6.78. The molecule has 0 spiro atoms. The number of phosphoric ester groups is 1. The lowest BCUT2D eigenvalue weighted by Crippen LogP contribution is -2.30. The number of unbranched alkanes of at least 4 members (excludes halogenated alkanes) is 3. The summed E-state index contributed by atoms with van der Waals surface area (Å²) in [4.78, 5) is 0. The molecule has 0 aliphatic carbocycles. The van der Waals surface area contributed by atoms with Gasteiger partial charge in [0.1, 0.15) is 0 Å². The lowest BCUT2D eigenvalue weighted by molar-refractivity contribution is -0.0121. The van der Waals surface area contributed by atoms with Gasteiger partial charge >= 0.3 is 7.82 Å². The molecule has 1 saturated heterocycles. The molecule has 1 fully saturated rings. The van der Waals surface area contributed by atoms with Gasteiger partial charge in [-0.2, -0.15) is 0 Å². The first-order chi connectivity index (χ1) is 8.87. The van der Waals surface area contributed by atoms with Crippen LogP contribution in [0.1, 0.15) is 52.9 Å². The Kier molecular flexibility index (Phi) is 6.98. The molecule has 1 atom stereocenters. The minimum absolute atomic E-state index is 0.00380. The zero-order valence-electron chi connectivity index (χ0n) is 12.3. The van der Waals surface area contributed by atoms with Crippen molar-refractivity contribution in [3.8, 4) is 0 Å². The van der Waals surface area contributed by atoms with Crippen LogP contribution in [-0.2, 0) is 18.1 Å². The Morgan fingerprint density at radius 1 is 1.26 bits per heavy atom. The van der Waals surface area contributed by atoms with Crippen LogP contribution in [0.2, 0.25) is 0 Å². The van der Waals surface area contributed by atoms with Crippen molar-refractivity contribution >= 4 is 7.82 Å². The van der Waals surface area contributed by atoms with Gasteiger partial charge in [0.25, 0.3) is 0 Å². The zero-order chi connectivity index (χ0) is 14.4. The fraction of sp³-hybridized carbons (Fsp3) is 1.00. The highest BCUT2D eigenvalue weighted by molar-refractivity contribution is 7.48. The summed E-state index contributed by atoms with van der Waals surface area (Å²) in [6.07, 6.45) is 4.45. The Bertz CT molecular complexity index is 291. The SMILES string of the molecule is CCCCCCC(O)COP1(=O)OCC(C)(C)CO1. The quantitative estimate of drug-likeness (QED) is 0.548. The molecule has 19 heavy (non-hydrogen) atoms. The maximum absolute atomic E-state index is 12.0. The van der Waals surface area contributed by atoms with Crippen molar-refractivity contribution in [2.75, 3.05) is 19.8 Å². The number of hydrogen-bond acceptors (Lipinski definition) is 5. The number of aliphatic hydroxyl groups excluding tert-OH is 1. The van der Waals surface area contributed by atoms with E-state index in [2.05, 4.69) is 6.92 Å². The van der Waals surface area contributed by atoms with Crippen LogP contribution in [0.3, 0.4) is 0 Å². The van der Waals surface area contributed by atoms with Crippen LogP contribution < -0.4 is 0 Å². The van der Waals surface area contributed by atoms with Gasteiger partial charge in [-0.3, -0.25) is 13.6 Å². The third kappa shape index (κ3) is 6.87. The molecule has 1 N–H and O–H groups in total. The van der Waals surface area contributed by atoms with E-state index in [-0.39, 0.29) is 12.0 Å². The van der Waals surface area contributed by atoms with Crippen molar-refractivity contribution in [1.29, 1.82) is 0 Å². The maximum atomic E-state index is 12.0. The second-order valence-corrected chi connectivity index (χ2v) is 7.63. The van der Waals surface area contributed by atoms with Crippen LogP contribution in [-0.4, -0.2) is 31.0 Å². The van der Waals surface area contributed by atoms with Crippen LogP contribution in [0.5, 0.6) is 0 Å². The van der Waals surface area contributed by atoms with E-state index < -0.39 is 13.9 Å². The molecule has 0 aromatic carbocycles. The van der Waals surface area contributed by atoms with Crippen molar-refractivity contribution in [3.63, 3.8) is 0 Å².